The molecule has 12 heteroatoms. The first kappa shape index (κ1) is 27.8. The van der Waals surface area contributed by atoms with Crippen molar-refractivity contribution < 1.29 is 4.39 Å². The Bertz CT molecular complexity index is 1650. The Morgan fingerprint density at radius 1 is 1.21 bits per heavy atom. The van der Waals surface area contributed by atoms with E-state index in [4.69, 9.17) is 40.1 Å². The van der Waals surface area contributed by atoms with E-state index >= 15 is 0 Å². The van der Waals surface area contributed by atoms with E-state index in [9.17, 15) is 9.65 Å². The molecule has 0 saturated heterocycles. The van der Waals surface area contributed by atoms with Crippen LogP contribution in [0.3, 0.4) is 0 Å². The minimum absolute atomic E-state index is 0.0254. The molecule has 0 bridgehead atoms. The van der Waals surface area contributed by atoms with Gasteiger partial charge in [0, 0.05) is 29.0 Å². The van der Waals surface area contributed by atoms with Crippen LogP contribution in [0.5, 0.6) is 0 Å². The molecule has 0 spiro atoms. The fourth-order valence-electron chi connectivity index (χ4n) is 3.72. The molecule has 0 aliphatic carbocycles. The van der Waals surface area contributed by atoms with Crippen LogP contribution in [0.2, 0.25) is 15.1 Å². The zero-order valence-electron chi connectivity index (χ0n) is 20.3. The first-order chi connectivity index (χ1) is 18.7. The number of halogens is 4. The average Bonchev–Trinajstić information content (AvgIpc) is 3.46. The Hall–Kier alpha value is -4.25. The van der Waals surface area contributed by atoms with E-state index in [-0.39, 0.29) is 21.3 Å². The molecule has 1 aromatic heterocycles. The van der Waals surface area contributed by atoms with Gasteiger partial charge in [-0.15, -0.1) is 0 Å². The maximum Gasteiger partial charge on any atom is 0.166 e. The second-order valence-electron chi connectivity index (χ2n) is 8.33. The molecule has 1 aliphatic heterocycles. The number of nitrogens with one attached hydrogen (secondary N) is 5. The molecule has 2 aromatic carbocycles. The summed E-state index contributed by atoms with van der Waals surface area (Å²) >= 11 is 18.5. The van der Waals surface area contributed by atoms with Gasteiger partial charge in [-0.1, -0.05) is 53.5 Å². The van der Waals surface area contributed by atoms with E-state index < -0.39 is 11.9 Å². The SMILES string of the molecule is C=C(/C=C\C=C(/C)C#N)[C@H](Nc1cc(Cl)c2ncc(C#N)c(Nc3ccc(Cl)c(Cl)c3F)c2c1)C1=CNNN1. The molecule has 2 heterocycles. The van der Waals surface area contributed by atoms with Crippen molar-refractivity contribution in [2.45, 2.75) is 13.0 Å². The van der Waals surface area contributed by atoms with Gasteiger partial charge < -0.3 is 21.5 Å². The minimum Gasteiger partial charge on any atom is -0.373 e. The van der Waals surface area contributed by atoms with Crippen molar-refractivity contribution in [1.29, 1.82) is 10.5 Å². The van der Waals surface area contributed by atoms with Crippen molar-refractivity contribution in [2.24, 2.45) is 0 Å². The lowest BCUT2D eigenvalue weighted by Crippen LogP contribution is -2.37. The largest absolute Gasteiger partial charge is 0.373 e. The van der Waals surface area contributed by atoms with Gasteiger partial charge in [-0.3, -0.25) is 4.98 Å². The summed E-state index contributed by atoms with van der Waals surface area (Å²) in [6.07, 6.45) is 8.27. The zero-order chi connectivity index (χ0) is 28.1. The van der Waals surface area contributed by atoms with Gasteiger partial charge in [-0.05, 0) is 42.8 Å². The molecule has 0 fully saturated rings. The molecule has 8 nitrogen and oxygen atoms in total. The third kappa shape index (κ3) is 6.09. The Morgan fingerprint density at radius 3 is 2.69 bits per heavy atom. The number of hydrogen-bond donors (Lipinski definition) is 5. The predicted octanol–water partition coefficient (Wildman–Crippen LogP) is 6.77. The number of rotatable bonds is 8. The Morgan fingerprint density at radius 2 is 2.00 bits per heavy atom. The smallest absolute Gasteiger partial charge is 0.166 e. The number of aromatic nitrogens is 1. The molecule has 3 aromatic rings. The van der Waals surface area contributed by atoms with Gasteiger partial charge in [0.2, 0.25) is 0 Å². The van der Waals surface area contributed by atoms with Crippen LogP contribution < -0.4 is 27.0 Å². The highest BCUT2D eigenvalue weighted by Crippen LogP contribution is 2.38. The molecule has 1 aliphatic rings. The van der Waals surface area contributed by atoms with Crippen LogP contribution in [0.4, 0.5) is 21.5 Å². The lowest BCUT2D eigenvalue weighted by molar-refractivity contribution is 0.589. The lowest BCUT2D eigenvalue weighted by atomic mass is 10.0. The standard InChI is InChI=1S/C27H20Cl3FN8/c1-14(10-32)4-3-5-15(2)25(22-13-35-39-38-22)36-17-8-18-26(16(11-33)12-34-27(18)20(29)9-17)37-21-7-6-19(28)23(30)24(21)31/h3-9,12-13,25,35-36,38-39H,2H2,1H3,(H,34,37)/b5-3-,14-4+/t25-/m0/s1. The van der Waals surface area contributed by atoms with E-state index in [2.05, 4.69) is 50.7 Å². The summed E-state index contributed by atoms with van der Waals surface area (Å²) in [4.78, 5) is 4.34. The van der Waals surface area contributed by atoms with Crippen LogP contribution >= 0.6 is 34.8 Å². The summed E-state index contributed by atoms with van der Waals surface area (Å²) in [5.41, 5.74) is 12.0. The molecule has 5 N–H and O–H groups in total. The Kier molecular flexibility index (Phi) is 8.60. The highest BCUT2D eigenvalue weighted by Gasteiger charge is 2.21. The molecular weight excluding hydrogens is 562 g/mol. The lowest BCUT2D eigenvalue weighted by Gasteiger charge is -2.22. The van der Waals surface area contributed by atoms with Gasteiger partial charge >= 0.3 is 0 Å². The highest BCUT2D eigenvalue weighted by molar-refractivity contribution is 6.42. The average molecular weight is 582 g/mol. The van der Waals surface area contributed by atoms with Gasteiger partial charge in [-0.25, -0.2) is 4.39 Å². The van der Waals surface area contributed by atoms with Crippen molar-refractivity contribution >= 4 is 62.8 Å². The van der Waals surface area contributed by atoms with Crippen molar-refractivity contribution in [1.82, 2.24) is 21.4 Å². The first-order valence-electron chi connectivity index (χ1n) is 11.3. The number of fused-ring (bicyclic) bond motifs is 1. The van der Waals surface area contributed by atoms with E-state index in [0.29, 0.717) is 38.4 Å². The number of anilines is 3. The number of hydrogen-bond acceptors (Lipinski definition) is 8. The highest BCUT2D eigenvalue weighted by atomic mass is 35.5. The molecule has 1 atom stereocenters. The summed E-state index contributed by atoms with van der Waals surface area (Å²) in [5.74, 6) is -0.763. The minimum atomic E-state index is -0.763. The summed E-state index contributed by atoms with van der Waals surface area (Å²) in [6, 6.07) is 9.99. The van der Waals surface area contributed by atoms with Gasteiger partial charge in [0.25, 0.3) is 0 Å². The van der Waals surface area contributed by atoms with Crippen LogP contribution in [0.25, 0.3) is 10.9 Å². The first-order valence-corrected chi connectivity index (χ1v) is 12.5. The number of hydrazine groups is 2. The monoisotopic (exact) mass is 580 g/mol. The Balaban J connectivity index is 1.78. The molecule has 196 valence electrons. The maximum absolute atomic E-state index is 14.9. The zero-order valence-corrected chi connectivity index (χ0v) is 22.6. The number of nitrogens with zero attached hydrogens (tertiary/aromatic N) is 3. The van der Waals surface area contributed by atoms with Gasteiger partial charge in [0.05, 0.1) is 55.3 Å². The molecule has 39 heavy (non-hydrogen) atoms. The second kappa shape index (κ2) is 12.1. The third-order valence-electron chi connectivity index (χ3n) is 5.67. The molecule has 0 amide bonds. The Labute approximate surface area is 239 Å². The summed E-state index contributed by atoms with van der Waals surface area (Å²) in [6.45, 7) is 5.87. The number of pyridine rings is 1. The molecular formula is C27H20Cl3FN8. The summed E-state index contributed by atoms with van der Waals surface area (Å²) in [7, 11) is 0. The summed E-state index contributed by atoms with van der Waals surface area (Å²) < 4.78 is 14.9. The van der Waals surface area contributed by atoms with Crippen molar-refractivity contribution in [3.8, 4) is 12.1 Å². The predicted molar refractivity (Wildman–Crippen MR) is 154 cm³/mol. The van der Waals surface area contributed by atoms with E-state index in [1.54, 1.807) is 43.5 Å². The topological polar surface area (TPSA) is 121 Å². The molecule has 0 radical (unpaired) electrons. The van der Waals surface area contributed by atoms with E-state index in [1.165, 1.54) is 18.3 Å². The molecule has 4 rings (SSSR count). The second-order valence-corrected chi connectivity index (χ2v) is 9.52. The van der Waals surface area contributed by atoms with Crippen LogP contribution in [0.1, 0.15) is 12.5 Å². The van der Waals surface area contributed by atoms with Crippen molar-refractivity contribution in [3.63, 3.8) is 0 Å². The summed E-state index contributed by atoms with van der Waals surface area (Å²) in [5, 5.41) is 25.7. The third-order valence-corrected chi connectivity index (χ3v) is 6.74. The van der Waals surface area contributed by atoms with E-state index in [1.807, 2.05) is 0 Å². The number of benzene rings is 2. The van der Waals surface area contributed by atoms with Gasteiger partial charge in [0.1, 0.15) is 6.07 Å². The molecule has 0 unspecified atom stereocenters. The van der Waals surface area contributed by atoms with Crippen molar-refractivity contribution in [3.05, 3.63) is 105 Å². The van der Waals surface area contributed by atoms with Crippen molar-refractivity contribution in [2.75, 3.05) is 10.6 Å². The van der Waals surface area contributed by atoms with Crippen LogP contribution in [0.15, 0.2) is 78.3 Å². The van der Waals surface area contributed by atoms with E-state index in [0.717, 1.165) is 5.70 Å². The number of nitriles is 2. The molecule has 0 saturated carbocycles. The van der Waals surface area contributed by atoms with Crippen LogP contribution in [-0.4, -0.2) is 11.0 Å². The number of allylic oxidation sites excluding steroid dienone is 3. The quantitative estimate of drug-likeness (QED) is 0.112. The van der Waals surface area contributed by atoms with Gasteiger partial charge in [-0.2, -0.15) is 16.1 Å². The fraction of sp³-hybridized carbons (Fsp3) is 0.0741. The van der Waals surface area contributed by atoms with Crippen LogP contribution in [-0.2, 0) is 0 Å². The normalized spacial score (nSPS) is 13.7. The van der Waals surface area contributed by atoms with Crippen LogP contribution in [0, 0.1) is 28.5 Å². The maximum atomic E-state index is 14.9. The van der Waals surface area contributed by atoms with Gasteiger partial charge in [0.15, 0.2) is 5.82 Å². The fourth-order valence-corrected chi connectivity index (χ4v) is 4.30.